The Kier molecular flexibility index (Phi) is 5.15. The third-order valence-corrected chi connectivity index (χ3v) is 5.83. The number of hydrogen-bond donors (Lipinski definition) is 1. The van der Waals surface area contributed by atoms with E-state index in [2.05, 4.69) is 16.5 Å². The quantitative estimate of drug-likeness (QED) is 0.852. The van der Waals surface area contributed by atoms with Crippen LogP contribution in [0.2, 0.25) is 0 Å². The van der Waals surface area contributed by atoms with E-state index >= 15 is 0 Å². The minimum Gasteiger partial charge on any atom is -0.395 e. The van der Waals surface area contributed by atoms with E-state index < -0.39 is 5.41 Å². The first-order chi connectivity index (χ1) is 11.6. The SMILES string of the molecule is CCCc1nnsc1C(=O)N1CCC2(CCCN(CCO)C2=O)C1. The Hall–Kier alpha value is -1.54. The van der Waals surface area contributed by atoms with Crippen molar-refractivity contribution < 1.29 is 14.7 Å². The Morgan fingerprint density at radius 3 is 2.96 bits per heavy atom. The minimum absolute atomic E-state index is 0.0165. The Labute approximate surface area is 145 Å². The predicted molar refractivity (Wildman–Crippen MR) is 89.8 cm³/mol. The molecular weight excluding hydrogens is 328 g/mol. The maximum absolute atomic E-state index is 12.8. The molecule has 0 saturated carbocycles. The third kappa shape index (κ3) is 3.04. The number of aliphatic hydroxyl groups excluding tert-OH is 1. The van der Waals surface area contributed by atoms with Crippen molar-refractivity contribution in [3.8, 4) is 0 Å². The van der Waals surface area contributed by atoms with Crippen molar-refractivity contribution in [2.45, 2.75) is 39.0 Å². The highest BCUT2D eigenvalue weighted by atomic mass is 32.1. The number of carbonyl (C=O) groups is 2. The number of aliphatic hydroxyl groups is 1. The van der Waals surface area contributed by atoms with Gasteiger partial charge in [-0.25, -0.2) is 0 Å². The molecule has 1 spiro atoms. The highest BCUT2D eigenvalue weighted by molar-refractivity contribution is 7.08. The van der Waals surface area contributed by atoms with Crippen LogP contribution in [0, 0.1) is 5.41 Å². The van der Waals surface area contributed by atoms with Crippen molar-refractivity contribution in [2.24, 2.45) is 5.41 Å². The molecule has 2 saturated heterocycles. The maximum atomic E-state index is 12.8. The van der Waals surface area contributed by atoms with Gasteiger partial charge < -0.3 is 14.9 Å². The summed E-state index contributed by atoms with van der Waals surface area (Å²) in [6.45, 7) is 4.19. The summed E-state index contributed by atoms with van der Waals surface area (Å²) in [5.41, 5.74) is 0.303. The first-order valence-corrected chi connectivity index (χ1v) is 9.39. The van der Waals surface area contributed by atoms with Crippen LogP contribution in [-0.2, 0) is 11.2 Å². The molecule has 24 heavy (non-hydrogen) atoms. The van der Waals surface area contributed by atoms with Gasteiger partial charge in [-0.15, -0.1) is 5.10 Å². The molecule has 0 bridgehead atoms. The first kappa shape index (κ1) is 17.3. The number of likely N-dealkylation sites (tertiary alicyclic amines) is 2. The maximum Gasteiger partial charge on any atom is 0.267 e. The molecule has 3 rings (SSSR count). The molecule has 1 unspecified atom stereocenters. The summed E-state index contributed by atoms with van der Waals surface area (Å²) in [5.74, 6) is 0.0479. The fourth-order valence-corrected chi connectivity index (χ4v) is 4.50. The number of β-amino-alcohol motifs (C(OH)–C–C–N with tert-alkyl or cyclic N) is 1. The summed E-state index contributed by atoms with van der Waals surface area (Å²) in [6, 6.07) is 0. The Bertz CT molecular complexity index is 618. The van der Waals surface area contributed by atoms with Gasteiger partial charge in [0, 0.05) is 26.2 Å². The van der Waals surface area contributed by atoms with Gasteiger partial charge in [0.05, 0.1) is 17.7 Å². The molecule has 0 aliphatic carbocycles. The number of hydrogen-bond acceptors (Lipinski definition) is 6. The average Bonchev–Trinajstić information content (AvgIpc) is 3.20. The van der Waals surface area contributed by atoms with Crippen LogP contribution in [0.4, 0.5) is 0 Å². The summed E-state index contributed by atoms with van der Waals surface area (Å²) in [7, 11) is 0. The van der Waals surface area contributed by atoms with Gasteiger partial charge in [-0.3, -0.25) is 9.59 Å². The van der Waals surface area contributed by atoms with Gasteiger partial charge in [0.25, 0.3) is 5.91 Å². The molecule has 1 aromatic heterocycles. The molecule has 1 atom stereocenters. The van der Waals surface area contributed by atoms with Crippen LogP contribution >= 0.6 is 11.5 Å². The van der Waals surface area contributed by atoms with E-state index in [1.807, 2.05) is 0 Å². The molecule has 2 fully saturated rings. The zero-order chi connectivity index (χ0) is 17.2. The molecule has 1 aromatic rings. The van der Waals surface area contributed by atoms with E-state index in [0.29, 0.717) is 37.5 Å². The van der Waals surface area contributed by atoms with Crippen LogP contribution in [-0.4, -0.2) is 69.1 Å². The van der Waals surface area contributed by atoms with Crippen molar-refractivity contribution in [1.82, 2.24) is 19.4 Å². The van der Waals surface area contributed by atoms with E-state index in [0.717, 1.165) is 42.9 Å². The van der Waals surface area contributed by atoms with Crippen molar-refractivity contribution >= 4 is 23.3 Å². The lowest BCUT2D eigenvalue weighted by Crippen LogP contribution is -2.51. The van der Waals surface area contributed by atoms with Gasteiger partial charge in [0.2, 0.25) is 5.91 Å². The summed E-state index contributed by atoms with van der Waals surface area (Å²) < 4.78 is 3.93. The van der Waals surface area contributed by atoms with Crippen LogP contribution in [0.5, 0.6) is 0 Å². The second kappa shape index (κ2) is 7.14. The number of piperidine rings is 1. The molecule has 2 aliphatic heterocycles. The molecule has 2 amide bonds. The Morgan fingerprint density at radius 2 is 2.21 bits per heavy atom. The number of carbonyl (C=O) groups excluding carboxylic acids is 2. The summed E-state index contributed by atoms with van der Waals surface area (Å²) in [4.78, 5) is 29.8. The molecule has 0 radical (unpaired) electrons. The average molecular weight is 352 g/mol. The smallest absolute Gasteiger partial charge is 0.267 e. The fraction of sp³-hybridized carbons (Fsp3) is 0.750. The van der Waals surface area contributed by atoms with Crippen LogP contribution < -0.4 is 0 Å². The zero-order valence-electron chi connectivity index (χ0n) is 14.0. The van der Waals surface area contributed by atoms with Crippen LogP contribution in [0.25, 0.3) is 0 Å². The van der Waals surface area contributed by atoms with E-state index in [9.17, 15) is 9.59 Å². The van der Waals surface area contributed by atoms with Crippen LogP contribution in [0.15, 0.2) is 0 Å². The van der Waals surface area contributed by atoms with Gasteiger partial charge >= 0.3 is 0 Å². The van der Waals surface area contributed by atoms with E-state index in [1.165, 1.54) is 0 Å². The summed E-state index contributed by atoms with van der Waals surface area (Å²) in [6.07, 6.45) is 4.12. The van der Waals surface area contributed by atoms with Gasteiger partial charge in [0.1, 0.15) is 4.88 Å². The molecule has 2 aliphatic rings. The Balaban J connectivity index is 1.73. The molecular formula is C16H24N4O3S. The van der Waals surface area contributed by atoms with E-state index in [-0.39, 0.29) is 18.4 Å². The number of nitrogens with zero attached hydrogens (tertiary/aromatic N) is 4. The topological polar surface area (TPSA) is 86.6 Å². The Morgan fingerprint density at radius 1 is 1.38 bits per heavy atom. The highest BCUT2D eigenvalue weighted by Crippen LogP contribution is 2.40. The molecule has 8 heteroatoms. The predicted octanol–water partition coefficient (Wildman–Crippen LogP) is 0.938. The van der Waals surface area contributed by atoms with Crippen molar-refractivity contribution in [3.63, 3.8) is 0 Å². The van der Waals surface area contributed by atoms with Gasteiger partial charge in [-0.05, 0) is 37.2 Å². The molecule has 3 heterocycles. The van der Waals surface area contributed by atoms with Crippen molar-refractivity contribution in [1.29, 1.82) is 0 Å². The molecule has 7 nitrogen and oxygen atoms in total. The largest absolute Gasteiger partial charge is 0.395 e. The van der Waals surface area contributed by atoms with E-state index in [4.69, 9.17) is 5.11 Å². The van der Waals surface area contributed by atoms with Crippen LogP contribution in [0.3, 0.4) is 0 Å². The minimum atomic E-state index is -0.466. The summed E-state index contributed by atoms with van der Waals surface area (Å²) >= 11 is 1.15. The molecule has 1 N–H and O–H groups in total. The van der Waals surface area contributed by atoms with E-state index in [1.54, 1.807) is 9.80 Å². The van der Waals surface area contributed by atoms with Crippen molar-refractivity contribution in [2.75, 3.05) is 32.8 Å². The first-order valence-electron chi connectivity index (χ1n) is 8.62. The number of rotatable bonds is 5. The summed E-state index contributed by atoms with van der Waals surface area (Å²) in [5, 5.41) is 13.2. The second-order valence-electron chi connectivity index (χ2n) is 6.68. The highest BCUT2D eigenvalue weighted by Gasteiger charge is 2.49. The van der Waals surface area contributed by atoms with Crippen LogP contribution in [0.1, 0.15) is 48.0 Å². The number of amides is 2. The monoisotopic (exact) mass is 352 g/mol. The van der Waals surface area contributed by atoms with Gasteiger partial charge in [-0.2, -0.15) is 0 Å². The normalized spacial score (nSPS) is 24.2. The van der Waals surface area contributed by atoms with Gasteiger partial charge in [-0.1, -0.05) is 17.8 Å². The van der Waals surface area contributed by atoms with Gasteiger partial charge in [0.15, 0.2) is 0 Å². The zero-order valence-corrected chi connectivity index (χ0v) is 14.8. The third-order valence-electron chi connectivity index (χ3n) is 5.07. The molecule has 0 aromatic carbocycles. The second-order valence-corrected chi connectivity index (χ2v) is 7.43. The lowest BCUT2D eigenvalue weighted by molar-refractivity contribution is -0.146. The standard InChI is InChI=1S/C16H24N4O3S/c1-2-4-12-13(24-18-17-12)14(22)20-8-6-16(11-20)5-3-7-19(9-10-21)15(16)23/h21H,2-11H2,1H3. The number of aryl methyl sites for hydroxylation is 1. The fourth-order valence-electron chi connectivity index (χ4n) is 3.83. The lowest BCUT2D eigenvalue weighted by atomic mass is 9.78. The molecule has 132 valence electrons. The number of aromatic nitrogens is 2. The van der Waals surface area contributed by atoms with Crippen molar-refractivity contribution in [3.05, 3.63) is 10.6 Å². The lowest BCUT2D eigenvalue weighted by Gasteiger charge is -2.39.